The molecular weight excluding hydrogens is 222 g/mol. The van der Waals surface area contributed by atoms with Crippen LogP contribution in [0.1, 0.15) is 20.8 Å². The lowest BCUT2D eigenvalue weighted by Gasteiger charge is -2.32. The van der Waals surface area contributed by atoms with Crippen molar-refractivity contribution in [1.82, 2.24) is 9.55 Å². The first-order valence-electron chi connectivity index (χ1n) is 5.36. The molecule has 2 unspecified atom stereocenters. The molecular formula is C11H21N3OS. The molecule has 0 aromatic carbocycles. The smallest absolute Gasteiger partial charge is 0.168 e. The summed E-state index contributed by atoms with van der Waals surface area (Å²) in [5.41, 5.74) is 6.13. The number of rotatable bonds is 4. The summed E-state index contributed by atoms with van der Waals surface area (Å²) in [4.78, 5) is 4.23. The average Bonchev–Trinajstić information content (AvgIpc) is 2.58. The Bertz CT molecular complexity index is 332. The molecule has 4 nitrogen and oxygen atoms in total. The molecule has 0 fully saturated rings. The summed E-state index contributed by atoms with van der Waals surface area (Å²) in [6, 6.07) is -0.0702. The molecule has 0 saturated carbocycles. The molecule has 1 heterocycles. The van der Waals surface area contributed by atoms with Crippen molar-refractivity contribution >= 4 is 11.8 Å². The summed E-state index contributed by atoms with van der Waals surface area (Å²) in [5, 5.41) is 10.3. The van der Waals surface area contributed by atoms with Crippen molar-refractivity contribution in [1.29, 1.82) is 0 Å². The molecule has 5 heteroatoms. The van der Waals surface area contributed by atoms with E-state index in [1.807, 2.05) is 17.8 Å². The zero-order valence-corrected chi connectivity index (χ0v) is 11.2. The van der Waals surface area contributed by atoms with Gasteiger partial charge in [-0.2, -0.15) is 0 Å². The van der Waals surface area contributed by atoms with Crippen molar-refractivity contribution in [2.45, 2.75) is 37.2 Å². The fraction of sp³-hybridized carbons (Fsp3) is 0.727. The van der Waals surface area contributed by atoms with Gasteiger partial charge >= 0.3 is 0 Å². The van der Waals surface area contributed by atoms with Gasteiger partial charge in [0.05, 0.1) is 11.9 Å². The Labute approximate surface area is 101 Å². The Hall–Kier alpha value is -0.520. The highest BCUT2D eigenvalue weighted by Crippen LogP contribution is 2.30. The quantitative estimate of drug-likeness (QED) is 0.781. The number of aromatic nitrogens is 2. The van der Waals surface area contributed by atoms with E-state index in [9.17, 15) is 5.11 Å². The van der Waals surface area contributed by atoms with Gasteiger partial charge in [-0.3, -0.25) is 0 Å². The first-order valence-corrected chi connectivity index (χ1v) is 6.24. The molecule has 3 N–H and O–H groups in total. The normalized spacial score (nSPS) is 16.1. The Balaban J connectivity index is 2.73. The predicted octanol–water partition coefficient (Wildman–Crippen LogP) is 1.25. The molecule has 0 radical (unpaired) electrons. The van der Waals surface area contributed by atoms with E-state index in [1.165, 1.54) is 11.8 Å². The van der Waals surface area contributed by atoms with Gasteiger partial charge in [-0.15, -0.1) is 0 Å². The summed E-state index contributed by atoms with van der Waals surface area (Å²) >= 11 is 1.53. The van der Waals surface area contributed by atoms with Crippen LogP contribution in [0.15, 0.2) is 17.6 Å². The van der Waals surface area contributed by atoms with Crippen LogP contribution in [0, 0.1) is 5.41 Å². The average molecular weight is 243 g/mol. The van der Waals surface area contributed by atoms with Crippen LogP contribution in [0.25, 0.3) is 0 Å². The molecule has 16 heavy (non-hydrogen) atoms. The second-order valence-electron chi connectivity index (χ2n) is 5.05. The van der Waals surface area contributed by atoms with Crippen molar-refractivity contribution in [3.63, 3.8) is 0 Å². The second-order valence-corrected chi connectivity index (χ2v) is 6.26. The Morgan fingerprint density at radius 2 is 2.19 bits per heavy atom. The lowest BCUT2D eigenvalue weighted by molar-refractivity contribution is 0.233. The summed E-state index contributed by atoms with van der Waals surface area (Å²) in [6.07, 6.45) is 3.64. The third kappa shape index (κ3) is 3.23. The van der Waals surface area contributed by atoms with E-state index in [2.05, 4.69) is 25.8 Å². The summed E-state index contributed by atoms with van der Waals surface area (Å²) in [5.74, 6) is 0. The van der Waals surface area contributed by atoms with Crippen LogP contribution in [0.2, 0.25) is 0 Å². The fourth-order valence-electron chi connectivity index (χ4n) is 1.38. The molecule has 0 spiro atoms. The van der Waals surface area contributed by atoms with Gasteiger partial charge in [-0.25, -0.2) is 4.98 Å². The number of hydrogen-bond acceptors (Lipinski definition) is 4. The molecule has 2 atom stereocenters. The van der Waals surface area contributed by atoms with Gasteiger partial charge in [-0.05, 0) is 5.41 Å². The minimum absolute atomic E-state index is 0.0223. The summed E-state index contributed by atoms with van der Waals surface area (Å²) in [6.45, 7) is 6.31. The Morgan fingerprint density at radius 3 is 2.56 bits per heavy atom. The van der Waals surface area contributed by atoms with Crippen LogP contribution in [0.4, 0.5) is 0 Å². The van der Waals surface area contributed by atoms with Gasteiger partial charge in [0.25, 0.3) is 0 Å². The first kappa shape index (κ1) is 13.5. The van der Waals surface area contributed by atoms with Crippen molar-refractivity contribution in [2.75, 3.05) is 6.61 Å². The highest BCUT2D eigenvalue weighted by Gasteiger charge is 2.30. The number of aliphatic hydroxyl groups excluding tert-OH is 1. The lowest BCUT2D eigenvalue weighted by Crippen LogP contribution is -2.45. The largest absolute Gasteiger partial charge is 0.395 e. The van der Waals surface area contributed by atoms with Crippen molar-refractivity contribution in [3.05, 3.63) is 12.4 Å². The van der Waals surface area contributed by atoms with Crippen molar-refractivity contribution in [2.24, 2.45) is 18.2 Å². The standard InChI is InChI=1S/C11H21N3OS/c1-11(2,3)9(12)8(7-15)16-10-13-5-6-14(10)4/h5-6,8-9,15H,7,12H2,1-4H3. The number of aliphatic hydroxyl groups is 1. The topological polar surface area (TPSA) is 64.1 Å². The van der Waals surface area contributed by atoms with Gasteiger partial charge in [0.15, 0.2) is 5.16 Å². The van der Waals surface area contributed by atoms with E-state index >= 15 is 0 Å². The third-order valence-corrected chi connectivity index (χ3v) is 3.96. The van der Waals surface area contributed by atoms with Crippen LogP contribution in [0.5, 0.6) is 0 Å². The third-order valence-electron chi connectivity index (χ3n) is 2.61. The van der Waals surface area contributed by atoms with Crippen LogP contribution < -0.4 is 5.73 Å². The molecule has 1 aromatic rings. The van der Waals surface area contributed by atoms with Crippen molar-refractivity contribution in [3.8, 4) is 0 Å². The summed E-state index contributed by atoms with van der Waals surface area (Å²) in [7, 11) is 1.94. The zero-order valence-electron chi connectivity index (χ0n) is 10.3. The van der Waals surface area contributed by atoms with E-state index in [1.54, 1.807) is 6.20 Å². The van der Waals surface area contributed by atoms with Gasteiger partial charge in [0, 0.05) is 25.5 Å². The molecule has 0 bridgehead atoms. The minimum atomic E-state index is -0.0702. The highest BCUT2D eigenvalue weighted by molar-refractivity contribution is 7.99. The molecule has 0 aliphatic rings. The number of imidazole rings is 1. The van der Waals surface area contributed by atoms with E-state index in [0.717, 1.165) is 5.16 Å². The van der Waals surface area contributed by atoms with E-state index in [-0.39, 0.29) is 23.3 Å². The molecule has 92 valence electrons. The minimum Gasteiger partial charge on any atom is -0.395 e. The number of nitrogens with two attached hydrogens (primary N) is 1. The summed E-state index contributed by atoms with van der Waals surface area (Å²) < 4.78 is 1.93. The van der Waals surface area contributed by atoms with Crippen molar-refractivity contribution < 1.29 is 5.11 Å². The molecule has 0 aliphatic heterocycles. The van der Waals surface area contributed by atoms with E-state index in [4.69, 9.17) is 5.73 Å². The van der Waals surface area contributed by atoms with Gasteiger partial charge in [0.1, 0.15) is 0 Å². The molecule has 0 amide bonds. The van der Waals surface area contributed by atoms with Crippen LogP contribution in [0.3, 0.4) is 0 Å². The van der Waals surface area contributed by atoms with E-state index in [0.29, 0.717) is 0 Å². The fourth-order valence-corrected chi connectivity index (χ4v) is 2.63. The monoisotopic (exact) mass is 243 g/mol. The lowest BCUT2D eigenvalue weighted by atomic mass is 9.85. The predicted molar refractivity (Wildman–Crippen MR) is 67.4 cm³/mol. The van der Waals surface area contributed by atoms with Crippen LogP contribution in [-0.2, 0) is 7.05 Å². The van der Waals surface area contributed by atoms with Gasteiger partial charge < -0.3 is 15.4 Å². The molecule has 0 aliphatic carbocycles. The number of aryl methyl sites for hydroxylation is 1. The van der Waals surface area contributed by atoms with E-state index < -0.39 is 0 Å². The number of nitrogens with zero attached hydrogens (tertiary/aromatic N) is 2. The second kappa shape index (κ2) is 5.21. The van der Waals surface area contributed by atoms with Gasteiger partial charge in [0.2, 0.25) is 0 Å². The maximum absolute atomic E-state index is 9.41. The maximum atomic E-state index is 9.41. The van der Waals surface area contributed by atoms with Crippen LogP contribution >= 0.6 is 11.8 Å². The Kier molecular flexibility index (Phi) is 4.41. The molecule has 0 saturated heterocycles. The Morgan fingerprint density at radius 1 is 1.56 bits per heavy atom. The zero-order chi connectivity index (χ0) is 12.3. The first-order chi connectivity index (χ1) is 7.36. The molecule has 1 aromatic heterocycles. The number of thioether (sulfide) groups is 1. The maximum Gasteiger partial charge on any atom is 0.168 e. The molecule has 1 rings (SSSR count). The van der Waals surface area contributed by atoms with Gasteiger partial charge in [-0.1, -0.05) is 32.5 Å². The number of hydrogen-bond donors (Lipinski definition) is 2. The highest BCUT2D eigenvalue weighted by atomic mass is 32.2. The van der Waals surface area contributed by atoms with Crippen LogP contribution in [-0.4, -0.2) is 32.6 Å². The SMILES string of the molecule is Cn1ccnc1SC(CO)C(N)C(C)(C)C.